The van der Waals surface area contributed by atoms with E-state index in [0.29, 0.717) is 6.04 Å². The van der Waals surface area contributed by atoms with Gasteiger partial charge in [-0.05, 0) is 31.4 Å². The second kappa shape index (κ2) is 10.6. The highest BCUT2D eigenvalue weighted by Crippen LogP contribution is 2.18. The van der Waals surface area contributed by atoms with Crippen LogP contribution in [0.25, 0.3) is 5.65 Å². The van der Waals surface area contributed by atoms with Crippen LogP contribution in [0.4, 0.5) is 5.69 Å². The van der Waals surface area contributed by atoms with Gasteiger partial charge in [0.25, 0.3) is 0 Å². The Labute approximate surface area is 194 Å². The standard InChI is InChI=1S/C20H29N9.HI/c1-21-20(22-10-5-9-19-26-25-18-8-3-4-12-29(18)19)24-16-7-6-11-28(14-16)17-13-23-27(2)15-17;/h3-4,8,12-13,15-16H,5-7,9-11,14H2,1-2H3,(H2,21,22,24);1H. The largest absolute Gasteiger partial charge is 0.367 e. The number of guanidine groups is 1. The maximum absolute atomic E-state index is 4.39. The SMILES string of the molecule is CN=C(NCCCc1nnc2ccccn12)NC1CCCN(c2cnn(C)c2)C1.I. The lowest BCUT2D eigenvalue weighted by molar-refractivity contribution is 0.467. The number of piperidine rings is 1. The van der Waals surface area contributed by atoms with Gasteiger partial charge in [0.1, 0.15) is 5.82 Å². The number of fused-ring (bicyclic) bond motifs is 1. The molecule has 1 aliphatic rings. The summed E-state index contributed by atoms with van der Waals surface area (Å²) in [5, 5.41) is 19.8. The van der Waals surface area contributed by atoms with E-state index in [0.717, 1.165) is 62.7 Å². The third-order valence-corrected chi connectivity index (χ3v) is 5.30. The van der Waals surface area contributed by atoms with Gasteiger partial charge in [0.05, 0.1) is 11.9 Å². The van der Waals surface area contributed by atoms with Crippen molar-refractivity contribution in [1.29, 1.82) is 0 Å². The van der Waals surface area contributed by atoms with E-state index in [1.165, 1.54) is 5.69 Å². The molecule has 30 heavy (non-hydrogen) atoms. The van der Waals surface area contributed by atoms with Gasteiger partial charge in [-0.2, -0.15) is 5.10 Å². The Bertz CT molecular complexity index is 964. The summed E-state index contributed by atoms with van der Waals surface area (Å²) in [6.45, 7) is 2.86. The topological polar surface area (TPSA) is 87.7 Å². The molecule has 10 heteroatoms. The Morgan fingerprint density at radius 2 is 2.20 bits per heavy atom. The predicted octanol–water partition coefficient (Wildman–Crippen LogP) is 1.85. The van der Waals surface area contributed by atoms with E-state index in [9.17, 15) is 0 Å². The Morgan fingerprint density at radius 3 is 3.00 bits per heavy atom. The second-order valence-corrected chi connectivity index (χ2v) is 7.45. The van der Waals surface area contributed by atoms with Crippen LogP contribution in [0.3, 0.4) is 0 Å². The summed E-state index contributed by atoms with van der Waals surface area (Å²) < 4.78 is 3.90. The molecular weight excluding hydrogens is 493 g/mol. The van der Waals surface area contributed by atoms with Crippen LogP contribution in [-0.2, 0) is 13.5 Å². The first-order chi connectivity index (χ1) is 14.2. The Hall–Kier alpha value is -2.37. The van der Waals surface area contributed by atoms with Crippen LogP contribution in [0.15, 0.2) is 41.8 Å². The molecule has 2 N–H and O–H groups in total. The van der Waals surface area contributed by atoms with Gasteiger partial charge in [-0.25, -0.2) is 0 Å². The number of aliphatic imine (C=N–C) groups is 1. The van der Waals surface area contributed by atoms with Crippen molar-refractivity contribution in [3.63, 3.8) is 0 Å². The fourth-order valence-electron chi connectivity index (χ4n) is 3.80. The number of aromatic nitrogens is 5. The van der Waals surface area contributed by atoms with Gasteiger partial charge in [-0.1, -0.05) is 6.07 Å². The lowest BCUT2D eigenvalue weighted by Crippen LogP contribution is -2.51. The maximum atomic E-state index is 4.39. The van der Waals surface area contributed by atoms with Crippen molar-refractivity contribution in [3.8, 4) is 0 Å². The first-order valence-corrected chi connectivity index (χ1v) is 10.2. The monoisotopic (exact) mass is 523 g/mol. The van der Waals surface area contributed by atoms with Crippen LogP contribution in [-0.4, -0.2) is 63.1 Å². The fourth-order valence-corrected chi connectivity index (χ4v) is 3.80. The molecule has 0 aliphatic carbocycles. The molecule has 0 radical (unpaired) electrons. The van der Waals surface area contributed by atoms with Gasteiger partial charge in [0.15, 0.2) is 11.6 Å². The first kappa shape index (κ1) is 22.3. The minimum Gasteiger partial charge on any atom is -0.367 e. The number of anilines is 1. The maximum Gasteiger partial charge on any atom is 0.191 e. The van der Waals surface area contributed by atoms with E-state index in [4.69, 9.17) is 0 Å². The summed E-state index contributed by atoms with van der Waals surface area (Å²) in [6, 6.07) is 6.32. The molecule has 1 saturated heterocycles. The minimum atomic E-state index is 0. The van der Waals surface area contributed by atoms with Crippen molar-refractivity contribution in [2.45, 2.75) is 31.7 Å². The lowest BCUT2D eigenvalue weighted by atomic mass is 10.1. The quantitative estimate of drug-likeness (QED) is 0.222. The van der Waals surface area contributed by atoms with E-state index in [1.54, 1.807) is 0 Å². The van der Waals surface area contributed by atoms with E-state index in [-0.39, 0.29) is 24.0 Å². The molecule has 9 nitrogen and oxygen atoms in total. The number of hydrogen-bond donors (Lipinski definition) is 2. The Morgan fingerprint density at radius 1 is 1.30 bits per heavy atom. The van der Waals surface area contributed by atoms with Crippen molar-refractivity contribution in [2.24, 2.45) is 12.0 Å². The third kappa shape index (κ3) is 5.41. The molecule has 4 rings (SSSR count). The van der Waals surface area contributed by atoms with E-state index >= 15 is 0 Å². The molecule has 0 bridgehead atoms. The molecule has 3 aromatic rings. The Balaban J connectivity index is 0.00000256. The van der Waals surface area contributed by atoms with Crippen LogP contribution < -0.4 is 15.5 Å². The molecule has 1 fully saturated rings. The molecule has 162 valence electrons. The zero-order valence-electron chi connectivity index (χ0n) is 17.5. The number of aryl methyl sites for hydroxylation is 2. The summed E-state index contributed by atoms with van der Waals surface area (Å²) >= 11 is 0. The number of nitrogens with zero attached hydrogens (tertiary/aromatic N) is 7. The van der Waals surface area contributed by atoms with Crippen molar-refractivity contribution in [1.82, 2.24) is 35.0 Å². The van der Waals surface area contributed by atoms with E-state index < -0.39 is 0 Å². The molecule has 0 spiro atoms. The van der Waals surface area contributed by atoms with E-state index in [1.807, 2.05) is 53.8 Å². The summed E-state index contributed by atoms with van der Waals surface area (Å²) in [6.07, 6.45) is 10.1. The molecule has 1 atom stereocenters. The van der Waals surface area contributed by atoms with Crippen LogP contribution in [0, 0.1) is 0 Å². The normalized spacial score (nSPS) is 17.1. The highest BCUT2D eigenvalue weighted by Gasteiger charge is 2.21. The third-order valence-electron chi connectivity index (χ3n) is 5.30. The highest BCUT2D eigenvalue weighted by molar-refractivity contribution is 14.0. The van der Waals surface area contributed by atoms with Crippen molar-refractivity contribution in [2.75, 3.05) is 31.6 Å². The predicted molar refractivity (Wildman–Crippen MR) is 130 cm³/mol. The number of rotatable bonds is 6. The summed E-state index contributed by atoms with van der Waals surface area (Å²) in [5.74, 6) is 1.85. The molecule has 4 heterocycles. The molecule has 0 aromatic carbocycles. The molecule has 1 unspecified atom stereocenters. The van der Waals surface area contributed by atoms with Crippen molar-refractivity contribution < 1.29 is 0 Å². The highest BCUT2D eigenvalue weighted by atomic mass is 127. The van der Waals surface area contributed by atoms with Gasteiger partial charge in [0, 0.05) is 58.6 Å². The van der Waals surface area contributed by atoms with Gasteiger partial charge < -0.3 is 15.5 Å². The molecule has 0 amide bonds. The zero-order chi connectivity index (χ0) is 20.1. The van der Waals surface area contributed by atoms with Gasteiger partial charge in [0.2, 0.25) is 0 Å². The first-order valence-electron chi connectivity index (χ1n) is 10.2. The van der Waals surface area contributed by atoms with Gasteiger partial charge in [-0.3, -0.25) is 14.1 Å². The van der Waals surface area contributed by atoms with Crippen molar-refractivity contribution >= 4 is 41.3 Å². The number of hydrogen-bond acceptors (Lipinski definition) is 5. The van der Waals surface area contributed by atoms with Gasteiger partial charge in [-0.15, -0.1) is 34.2 Å². The minimum absolute atomic E-state index is 0. The molecule has 1 aliphatic heterocycles. The van der Waals surface area contributed by atoms with Crippen LogP contribution in [0.5, 0.6) is 0 Å². The number of nitrogens with one attached hydrogen (secondary N) is 2. The lowest BCUT2D eigenvalue weighted by Gasteiger charge is -2.34. The van der Waals surface area contributed by atoms with Crippen LogP contribution in [0.2, 0.25) is 0 Å². The summed E-state index contributed by atoms with van der Waals surface area (Å²) in [7, 11) is 3.78. The summed E-state index contributed by atoms with van der Waals surface area (Å²) in [5.41, 5.74) is 2.07. The number of halogens is 1. The van der Waals surface area contributed by atoms with Crippen molar-refractivity contribution in [3.05, 3.63) is 42.6 Å². The Kier molecular flexibility index (Phi) is 7.88. The fraction of sp³-hybridized carbons (Fsp3) is 0.500. The molecule has 3 aromatic heterocycles. The smallest absolute Gasteiger partial charge is 0.191 e. The van der Waals surface area contributed by atoms with Crippen LogP contribution >= 0.6 is 24.0 Å². The molecule has 0 saturated carbocycles. The number of pyridine rings is 1. The average molecular weight is 523 g/mol. The average Bonchev–Trinajstić information content (AvgIpc) is 3.37. The summed E-state index contributed by atoms with van der Waals surface area (Å²) in [4.78, 5) is 6.78. The van der Waals surface area contributed by atoms with E-state index in [2.05, 4.69) is 42.0 Å². The van der Waals surface area contributed by atoms with Gasteiger partial charge >= 0.3 is 0 Å². The second-order valence-electron chi connectivity index (χ2n) is 7.45. The molecular formula is C20H30IN9. The van der Waals surface area contributed by atoms with Crippen LogP contribution in [0.1, 0.15) is 25.1 Å². The zero-order valence-corrected chi connectivity index (χ0v) is 19.9.